The molecule has 0 saturated heterocycles. The Morgan fingerprint density at radius 3 is 2.35 bits per heavy atom. The van der Waals surface area contributed by atoms with Crippen LogP contribution in [0.5, 0.6) is 0 Å². The molecule has 2 aromatic heterocycles. The molecule has 23 heavy (non-hydrogen) atoms. The maximum absolute atomic E-state index is 4.45. The minimum Gasteiger partial charge on any atom is -0.354 e. The van der Waals surface area contributed by atoms with Crippen LogP contribution in [0.25, 0.3) is 22.2 Å². The highest BCUT2D eigenvalue weighted by Crippen LogP contribution is 2.31. The van der Waals surface area contributed by atoms with Crippen molar-refractivity contribution >= 4 is 10.9 Å². The molecule has 2 heteroatoms. The van der Waals surface area contributed by atoms with Gasteiger partial charge in [0.1, 0.15) is 0 Å². The third-order valence-corrected chi connectivity index (χ3v) is 4.23. The second-order valence-electron chi connectivity index (χ2n) is 5.71. The van der Waals surface area contributed by atoms with Crippen LogP contribution in [0, 0.1) is 0 Å². The lowest BCUT2D eigenvalue weighted by atomic mass is 10.0. The Morgan fingerprint density at radius 2 is 1.52 bits per heavy atom. The Labute approximate surface area is 135 Å². The van der Waals surface area contributed by atoms with Gasteiger partial charge in [-0.3, -0.25) is 4.98 Å². The van der Waals surface area contributed by atoms with Crippen LogP contribution in [0.1, 0.15) is 11.3 Å². The summed E-state index contributed by atoms with van der Waals surface area (Å²) in [5.41, 5.74) is 6.17. The summed E-state index contributed by atoms with van der Waals surface area (Å²) in [7, 11) is 0. The lowest BCUT2D eigenvalue weighted by molar-refractivity contribution is 0.921. The average Bonchev–Trinajstić information content (AvgIpc) is 3.00. The summed E-state index contributed by atoms with van der Waals surface area (Å²) >= 11 is 0. The SMILES string of the molecule is c1ccc(-c2[nH]c3ccccc3c2CCc2ccccn2)cc1. The number of nitrogens with one attached hydrogen (secondary N) is 1. The van der Waals surface area contributed by atoms with Gasteiger partial charge in [-0.05, 0) is 42.2 Å². The van der Waals surface area contributed by atoms with Gasteiger partial charge in [-0.15, -0.1) is 0 Å². The summed E-state index contributed by atoms with van der Waals surface area (Å²) in [6.07, 6.45) is 3.79. The van der Waals surface area contributed by atoms with Crippen LogP contribution in [0.3, 0.4) is 0 Å². The molecule has 0 radical (unpaired) electrons. The van der Waals surface area contributed by atoms with E-state index < -0.39 is 0 Å². The van der Waals surface area contributed by atoms with Crippen molar-refractivity contribution in [3.63, 3.8) is 0 Å². The fraction of sp³-hybridized carbons (Fsp3) is 0.0952. The van der Waals surface area contributed by atoms with E-state index in [0.717, 1.165) is 18.5 Å². The molecule has 2 aromatic carbocycles. The van der Waals surface area contributed by atoms with Gasteiger partial charge in [-0.1, -0.05) is 54.6 Å². The van der Waals surface area contributed by atoms with Crippen molar-refractivity contribution in [2.75, 3.05) is 0 Å². The molecule has 0 amide bonds. The van der Waals surface area contributed by atoms with Crippen LogP contribution in [0.2, 0.25) is 0 Å². The second-order valence-corrected chi connectivity index (χ2v) is 5.71. The minimum absolute atomic E-state index is 0.947. The zero-order valence-corrected chi connectivity index (χ0v) is 12.9. The molecule has 0 aliphatic rings. The van der Waals surface area contributed by atoms with Crippen molar-refractivity contribution in [1.82, 2.24) is 9.97 Å². The van der Waals surface area contributed by atoms with E-state index in [4.69, 9.17) is 0 Å². The topological polar surface area (TPSA) is 28.7 Å². The normalized spacial score (nSPS) is 11.0. The number of aryl methyl sites for hydroxylation is 2. The van der Waals surface area contributed by atoms with Gasteiger partial charge in [0, 0.05) is 28.5 Å². The number of benzene rings is 2. The van der Waals surface area contributed by atoms with Crippen molar-refractivity contribution < 1.29 is 0 Å². The van der Waals surface area contributed by atoms with Crippen molar-refractivity contribution in [3.8, 4) is 11.3 Å². The van der Waals surface area contributed by atoms with Crippen LogP contribution < -0.4 is 0 Å². The first-order valence-corrected chi connectivity index (χ1v) is 7.97. The summed E-state index contributed by atoms with van der Waals surface area (Å²) in [5, 5.41) is 1.31. The van der Waals surface area contributed by atoms with E-state index in [9.17, 15) is 0 Å². The van der Waals surface area contributed by atoms with E-state index in [-0.39, 0.29) is 0 Å². The molecule has 0 saturated carbocycles. The maximum atomic E-state index is 4.45. The molecule has 0 fully saturated rings. The van der Waals surface area contributed by atoms with E-state index in [1.54, 1.807) is 0 Å². The quantitative estimate of drug-likeness (QED) is 0.563. The zero-order chi connectivity index (χ0) is 15.5. The molecule has 2 nitrogen and oxygen atoms in total. The van der Waals surface area contributed by atoms with Crippen molar-refractivity contribution in [1.29, 1.82) is 0 Å². The average molecular weight is 298 g/mol. The Morgan fingerprint density at radius 1 is 0.739 bits per heavy atom. The summed E-state index contributed by atoms with van der Waals surface area (Å²) in [4.78, 5) is 8.05. The van der Waals surface area contributed by atoms with E-state index in [2.05, 4.69) is 76.7 Å². The van der Waals surface area contributed by atoms with Gasteiger partial charge in [0.25, 0.3) is 0 Å². The van der Waals surface area contributed by atoms with Crippen molar-refractivity contribution in [2.45, 2.75) is 12.8 Å². The highest BCUT2D eigenvalue weighted by molar-refractivity contribution is 5.90. The molecule has 4 aromatic rings. The van der Waals surface area contributed by atoms with Crippen LogP contribution >= 0.6 is 0 Å². The van der Waals surface area contributed by atoms with Gasteiger partial charge in [0.2, 0.25) is 0 Å². The molecule has 0 aliphatic heterocycles. The van der Waals surface area contributed by atoms with Gasteiger partial charge >= 0.3 is 0 Å². The van der Waals surface area contributed by atoms with Crippen LogP contribution in [-0.4, -0.2) is 9.97 Å². The molecule has 0 aliphatic carbocycles. The Kier molecular flexibility index (Phi) is 3.65. The standard InChI is InChI=1S/C21H18N2/c1-2-8-16(9-3-1)21-19(14-13-17-10-6-7-15-22-17)18-11-4-5-12-20(18)23-21/h1-12,15,23H,13-14H2. The van der Waals surface area contributed by atoms with Gasteiger partial charge in [0.15, 0.2) is 0 Å². The number of aromatic amines is 1. The molecule has 0 spiro atoms. The van der Waals surface area contributed by atoms with Crippen LogP contribution in [0.4, 0.5) is 0 Å². The van der Waals surface area contributed by atoms with Crippen LogP contribution in [-0.2, 0) is 12.8 Å². The number of pyridine rings is 1. The summed E-state index contributed by atoms with van der Waals surface area (Å²) in [5.74, 6) is 0. The van der Waals surface area contributed by atoms with Crippen LogP contribution in [0.15, 0.2) is 79.0 Å². The third kappa shape index (κ3) is 2.76. The first kappa shape index (κ1) is 13.8. The highest BCUT2D eigenvalue weighted by atomic mass is 14.7. The number of hydrogen-bond donors (Lipinski definition) is 1. The zero-order valence-electron chi connectivity index (χ0n) is 12.9. The minimum atomic E-state index is 0.947. The van der Waals surface area contributed by atoms with E-state index in [0.29, 0.717) is 0 Å². The number of aromatic nitrogens is 2. The number of fused-ring (bicyclic) bond motifs is 1. The Bertz CT molecular complexity index is 908. The molecular weight excluding hydrogens is 280 g/mol. The third-order valence-electron chi connectivity index (χ3n) is 4.23. The lowest BCUT2D eigenvalue weighted by Gasteiger charge is -2.05. The Hall–Kier alpha value is -2.87. The first-order chi connectivity index (χ1) is 11.4. The second kappa shape index (κ2) is 6.09. The number of rotatable bonds is 4. The fourth-order valence-corrected chi connectivity index (χ4v) is 3.11. The molecule has 0 bridgehead atoms. The smallest absolute Gasteiger partial charge is 0.0497 e. The Balaban J connectivity index is 1.77. The lowest BCUT2D eigenvalue weighted by Crippen LogP contribution is -1.95. The van der Waals surface area contributed by atoms with Gasteiger partial charge in [-0.2, -0.15) is 0 Å². The predicted octanol–water partition coefficient (Wildman–Crippen LogP) is 5.02. The van der Waals surface area contributed by atoms with Crippen molar-refractivity contribution in [3.05, 3.63) is 90.3 Å². The van der Waals surface area contributed by atoms with Gasteiger partial charge < -0.3 is 4.98 Å². The van der Waals surface area contributed by atoms with E-state index >= 15 is 0 Å². The highest BCUT2D eigenvalue weighted by Gasteiger charge is 2.12. The predicted molar refractivity (Wildman–Crippen MR) is 95.4 cm³/mol. The number of hydrogen-bond acceptors (Lipinski definition) is 1. The summed E-state index contributed by atoms with van der Waals surface area (Å²) < 4.78 is 0. The van der Waals surface area contributed by atoms with Gasteiger partial charge in [-0.25, -0.2) is 0 Å². The van der Waals surface area contributed by atoms with E-state index in [1.807, 2.05) is 12.3 Å². The number of H-pyrrole nitrogens is 1. The largest absolute Gasteiger partial charge is 0.354 e. The molecule has 2 heterocycles. The number of para-hydroxylation sites is 1. The molecule has 4 rings (SSSR count). The van der Waals surface area contributed by atoms with E-state index in [1.165, 1.54) is 27.7 Å². The first-order valence-electron chi connectivity index (χ1n) is 7.97. The summed E-state index contributed by atoms with van der Waals surface area (Å²) in [6.45, 7) is 0. The molecule has 0 atom stereocenters. The molecule has 0 unspecified atom stereocenters. The molecule has 1 N–H and O–H groups in total. The van der Waals surface area contributed by atoms with Gasteiger partial charge in [0.05, 0.1) is 0 Å². The molecule has 112 valence electrons. The summed E-state index contributed by atoms with van der Waals surface area (Å²) in [6, 6.07) is 25.2. The molecular formula is C21H18N2. The maximum Gasteiger partial charge on any atom is 0.0497 e. The van der Waals surface area contributed by atoms with Crippen molar-refractivity contribution in [2.24, 2.45) is 0 Å². The monoisotopic (exact) mass is 298 g/mol. The fourth-order valence-electron chi connectivity index (χ4n) is 3.11. The number of nitrogens with zero attached hydrogens (tertiary/aromatic N) is 1.